The Morgan fingerprint density at radius 3 is 2.57 bits per heavy atom. The Hall–Kier alpha value is -3.07. The lowest BCUT2D eigenvalue weighted by atomic mass is 9.96. The van der Waals surface area contributed by atoms with Gasteiger partial charge in [0.05, 0.1) is 12.3 Å². The Balaban J connectivity index is 1.53. The molecule has 0 spiro atoms. The molecule has 1 heterocycles. The number of nitrogens with one attached hydrogen (secondary N) is 1. The molecular formula is C25H25NO3S. The van der Waals surface area contributed by atoms with Crippen LogP contribution in [0.25, 0.3) is 0 Å². The molecule has 5 heteroatoms. The summed E-state index contributed by atoms with van der Waals surface area (Å²) in [6.45, 7) is 3.87. The third kappa shape index (κ3) is 6.77. The molecule has 154 valence electrons. The van der Waals surface area contributed by atoms with E-state index in [0.717, 1.165) is 30.0 Å². The Morgan fingerprint density at radius 1 is 1.10 bits per heavy atom. The van der Waals surface area contributed by atoms with Gasteiger partial charge in [-0.2, -0.15) is 11.3 Å². The Bertz CT molecular complexity index is 1000. The van der Waals surface area contributed by atoms with Gasteiger partial charge in [-0.05, 0) is 58.1 Å². The Morgan fingerprint density at radius 2 is 1.87 bits per heavy atom. The summed E-state index contributed by atoms with van der Waals surface area (Å²) in [4.78, 5) is 11.0. The zero-order valence-corrected chi connectivity index (χ0v) is 17.7. The lowest BCUT2D eigenvalue weighted by molar-refractivity contribution is -0.137. The van der Waals surface area contributed by atoms with E-state index < -0.39 is 5.97 Å². The second-order valence-corrected chi connectivity index (χ2v) is 7.74. The first-order valence-electron chi connectivity index (χ1n) is 9.80. The first-order chi connectivity index (χ1) is 14.6. The average molecular weight is 420 g/mol. The molecule has 2 aromatic carbocycles. The summed E-state index contributed by atoms with van der Waals surface area (Å²) in [6.07, 6.45) is -0.00567. The van der Waals surface area contributed by atoms with Crippen LogP contribution in [-0.2, 0) is 24.5 Å². The molecule has 0 radical (unpaired) electrons. The van der Waals surface area contributed by atoms with E-state index in [4.69, 9.17) is 9.84 Å². The predicted molar refractivity (Wildman–Crippen MR) is 121 cm³/mol. The van der Waals surface area contributed by atoms with Gasteiger partial charge in [-0.25, -0.2) is 0 Å². The van der Waals surface area contributed by atoms with E-state index in [2.05, 4.69) is 52.2 Å². The largest absolute Gasteiger partial charge is 0.489 e. The van der Waals surface area contributed by atoms with Gasteiger partial charge in [0.15, 0.2) is 0 Å². The van der Waals surface area contributed by atoms with E-state index in [1.807, 2.05) is 30.3 Å². The van der Waals surface area contributed by atoms with Crippen molar-refractivity contribution < 1.29 is 14.6 Å². The molecule has 1 aromatic heterocycles. The van der Waals surface area contributed by atoms with Gasteiger partial charge in [0, 0.05) is 13.1 Å². The highest BCUT2D eigenvalue weighted by molar-refractivity contribution is 7.07. The van der Waals surface area contributed by atoms with Crippen LogP contribution in [0.4, 0.5) is 0 Å². The van der Waals surface area contributed by atoms with Crippen molar-refractivity contribution in [2.45, 2.75) is 39.0 Å². The lowest BCUT2D eigenvalue weighted by Crippen LogP contribution is -2.12. The van der Waals surface area contributed by atoms with Crippen molar-refractivity contribution in [1.29, 1.82) is 0 Å². The molecule has 0 aliphatic carbocycles. The lowest BCUT2D eigenvalue weighted by Gasteiger charge is -2.11. The van der Waals surface area contributed by atoms with Crippen LogP contribution in [0.1, 0.15) is 41.5 Å². The third-order valence-corrected chi connectivity index (χ3v) is 5.35. The number of aliphatic carboxylic acids is 1. The minimum absolute atomic E-state index is 0.00567. The van der Waals surface area contributed by atoms with E-state index in [1.165, 1.54) is 11.1 Å². The van der Waals surface area contributed by atoms with Gasteiger partial charge in [0.25, 0.3) is 0 Å². The fourth-order valence-corrected chi connectivity index (χ4v) is 3.81. The molecule has 0 saturated carbocycles. The SMILES string of the molecule is CC#C[C@@H](CC(=O)O)c1ccc(OCc2cccc(CNCc3ccsc3)c2)cc1. The second-order valence-electron chi connectivity index (χ2n) is 6.96. The Labute approximate surface area is 181 Å². The highest BCUT2D eigenvalue weighted by Gasteiger charge is 2.13. The van der Waals surface area contributed by atoms with Crippen molar-refractivity contribution >= 4 is 17.3 Å². The monoisotopic (exact) mass is 419 g/mol. The molecule has 0 unspecified atom stereocenters. The first kappa shape index (κ1) is 21.6. The van der Waals surface area contributed by atoms with Crippen molar-refractivity contribution in [2.75, 3.05) is 0 Å². The minimum Gasteiger partial charge on any atom is -0.489 e. The fraction of sp³-hybridized carbons (Fsp3) is 0.240. The van der Waals surface area contributed by atoms with Gasteiger partial charge in [0.2, 0.25) is 0 Å². The van der Waals surface area contributed by atoms with E-state index in [9.17, 15) is 4.79 Å². The number of carbonyl (C=O) groups is 1. The van der Waals surface area contributed by atoms with Gasteiger partial charge in [-0.15, -0.1) is 5.92 Å². The molecule has 0 saturated heterocycles. The number of hydrogen-bond acceptors (Lipinski definition) is 4. The van der Waals surface area contributed by atoms with Crippen molar-refractivity contribution in [3.05, 3.63) is 87.6 Å². The number of rotatable bonds is 10. The maximum absolute atomic E-state index is 11.0. The topological polar surface area (TPSA) is 58.6 Å². The number of carboxylic acids is 1. The Kier molecular flexibility index (Phi) is 8.08. The van der Waals surface area contributed by atoms with Gasteiger partial charge in [0.1, 0.15) is 12.4 Å². The molecule has 2 N–H and O–H groups in total. The molecule has 0 amide bonds. The summed E-state index contributed by atoms with van der Waals surface area (Å²) in [5.41, 5.74) is 4.52. The molecule has 1 atom stereocenters. The molecule has 3 aromatic rings. The summed E-state index contributed by atoms with van der Waals surface area (Å²) in [5.74, 6) is 5.36. The number of benzene rings is 2. The maximum atomic E-state index is 11.0. The highest BCUT2D eigenvalue weighted by atomic mass is 32.1. The van der Waals surface area contributed by atoms with E-state index >= 15 is 0 Å². The van der Waals surface area contributed by atoms with E-state index in [1.54, 1.807) is 18.3 Å². The fourth-order valence-electron chi connectivity index (χ4n) is 3.14. The molecular weight excluding hydrogens is 394 g/mol. The summed E-state index contributed by atoms with van der Waals surface area (Å²) >= 11 is 1.71. The number of ether oxygens (including phenoxy) is 1. The van der Waals surface area contributed by atoms with Crippen molar-refractivity contribution in [2.24, 2.45) is 0 Å². The van der Waals surface area contributed by atoms with Crippen LogP contribution in [0, 0.1) is 11.8 Å². The first-order valence-corrected chi connectivity index (χ1v) is 10.7. The third-order valence-electron chi connectivity index (χ3n) is 4.62. The normalized spacial score (nSPS) is 11.4. The van der Waals surface area contributed by atoms with Gasteiger partial charge in [-0.3, -0.25) is 4.79 Å². The van der Waals surface area contributed by atoms with Crippen LogP contribution in [0.15, 0.2) is 65.4 Å². The van der Waals surface area contributed by atoms with Gasteiger partial charge < -0.3 is 15.2 Å². The summed E-state index contributed by atoms with van der Waals surface area (Å²) in [6, 6.07) is 18.0. The van der Waals surface area contributed by atoms with Crippen molar-refractivity contribution in [3.63, 3.8) is 0 Å². The number of carboxylic acid groups (broad SMARTS) is 1. The average Bonchev–Trinajstić information content (AvgIpc) is 3.26. The molecule has 0 aliphatic rings. The molecule has 30 heavy (non-hydrogen) atoms. The summed E-state index contributed by atoms with van der Waals surface area (Å²) < 4.78 is 5.91. The van der Waals surface area contributed by atoms with Crippen LogP contribution in [0.2, 0.25) is 0 Å². The molecule has 4 nitrogen and oxygen atoms in total. The summed E-state index contributed by atoms with van der Waals surface area (Å²) in [5, 5.41) is 16.8. The summed E-state index contributed by atoms with van der Waals surface area (Å²) in [7, 11) is 0. The van der Waals surface area contributed by atoms with E-state index in [-0.39, 0.29) is 12.3 Å². The number of hydrogen-bond donors (Lipinski definition) is 2. The second kappa shape index (κ2) is 11.2. The predicted octanol–water partition coefficient (Wildman–Crippen LogP) is 5.20. The molecule has 3 rings (SSSR count). The zero-order chi connectivity index (χ0) is 21.2. The number of thiophene rings is 1. The highest BCUT2D eigenvalue weighted by Crippen LogP contribution is 2.23. The molecule has 0 aliphatic heterocycles. The standard InChI is InChI=1S/C25H25NO3S/c1-2-4-23(14-25(27)28)22-7-9-24(10-8-22)29-17-20-6-3-5-19(13-20)15-26-16-21-11-12-30-18-21/h3,5-13,18,23,26H,14-17H2,1H3,(H,27,28)/t23-/m0/s1. The zero-order valence-electron chi connectivity index (χ0n) is 16.9. The van der Waals surface area contributed by atoms with Crippen molar-refractivity contribution in [1.82, 2.24) is 5.32 Å². The van der Waals surface area contributed by atoms with Gasteiger partial charge >= 0.3 is 5.97 Å². The molecule has 0 fully saturated rings. The smallest absolute Gasteiger partial charge is 0.304 e. The van der Waals surface area contributed by atoms with Crippen LogP contribution in [-0.4, -0.2) is 11.1 Å². The van der Waals surface area contributed by atoms with Crippen molar-refractivity contribution in [3.8, 4) is 17.6 Å². The van der Waals surface area contributed by atoms with E-state index in [0.29, 0.717) is 6.61 Å². The van der Waals surface area contributed by atoms with Crippen LogP contribution in [0.5, 0.6) is 5.75 Å². The maximum Gasteiger partial charge on any atom is 0.304 e. The van der Waals surface area contributed by atoms with Crippen LogP contribution in [0.3, 0.4) is 0 Å². The van der Waals surface area contributed by atoms with Crippen LogP contribution < -0.4 is 10.1 Å². The molecule has 0 bridgehead atoms. The van der Waals surface area contributed by atoms with Gasteiger partial charge in [-0.1, -0.05) is 42.3 Å². The minimum atomic E-state index is -0.854. The quantitative estimate of drug-likeness (QED) is 0.444. The van der Waals surface area contributed by atoms with Crippen LogP contribution >= 0.6 is 11.3 Å².